The Labute approximate surface area is 177 Å². The van der Waals surface area contributed by atoms with Crippen LogP contribution in [0.3, 0.4) is 0 Å². The first-order chi connectivity index (χ1) is 13.8. The Kier molecular flexibility index (Phi) is 6.30. The fourth-order valence-electron chi connectivity index (χ4n) is 2.76. The molecule has 150 valence electrons. The highest BCUT2D eigenvalue weighted by Gasteiger charge is 2.21. The van der Waals surface area contributed by atoms with E-state index in [2.05, 4.69) is 4.99 Å². The highest BCUT2D eigenvalue weighted by molar-refractivity contribution is 8.13. The van der Waals surface area contributed by atoms with Crippen LogP contribution >= 0.6 is 23.4 Å². The van der Waals surface area contributed by atoms with Crippen LogP contribution in [0, 0.1) is 6.92 Å². The first-order valence-corrected chi connectivity index (χ1v) is 10.2. The van der Waals surface area contributed by atoms with Crippen molar-refractivity contribution in [2.45, 2.75) is 12.7 Å². The van der Waals surface area contributed by atoms with Gasteiger partial charge in [0, 0.05) is 24.9 Å². The lowest BCUT2D eigenvalue weighted by Crippen LogP contribution is -2.39. The number of aromatic nitrogens is 2. The second-order valence-corrected chi connectivity index (χ2v) is 7.91. The molecule has 29 heavy (non-hydrogen) atoms. The molecule has 3 aromatic rings. The summed E-state index contributed by atoms with van der Waals surface area (Å²) < 4.78 is 1.98. The van der Waals surface area contributed by atoms with Crippen molar-refractivity contribution < 1.29 is 5.11 Å². The van der Waals surface area contributed by atoms with Crippen LogP contribution in [-0.4, -0.2) is 19.3 Å². The minimum atomic E-state index is -0.609. The predicted octanol–water partition coefficient (Wildman–Crippen LogP) is 3.76. The first-order valence-electron chi connectivity index (χ1n) is 8.80. The van der Waals surface area contributed by atoms with Crippen molar-refractivity contribution in [3.63, 3.8) is 0 Å². The Bertz CT molecular complexity index is 1210. The summed E-state index contributed by atoms with van der Waals surface area (Å²) >= 11 is 7.53. The highest BCUT2D eigenvalue weighted by Crippen LogP contribution is 2.28. The molecule has 0 aliphatic heterocycles. The van der Waals surface area contributed by atoms with Gasteiger partial charge in [0.2, 0.25) is 5.88 Å². The van der Waals surface area contributed by atoms with Gasteiger partial charge in [-0.2, -0.15) is 0 Å². The third kappa shape index (κ3) is 4.46. The minimum Gasteiger partial charge on any atom is -0.494 e. The van der Waals surface area contributed by atoms with Crippen LogP contribution in [0.25, 0.3) is 0 Å². The number of hydrogen-bond donors (Lipinski definition) is 1. The lowest BCUT2D eigenvalue weighted by Gasteiger charge is -2.13. The number of nitrogens with zero attached hydrogens (tertiary/aromatic N) is 3. The van der Waals surface area contributed by atoms with Crippen molar-refractivity contribution in [2.24, 2.45) is 19.1 Å². The second-order valence-electron chi connectivity index (χ2n) is 6.54. The average molecular weight is 430 g/mol. The van der Waals surface area contributed by atoms with E-state index in [4.69, 9.17) is 11.6 Å². The van der Waals surface area contributed by atoms with Crippen LogP contribution in [0.1, 0.15) is 16.7 Å². The molecule has 0 aliphatic rings. The molecular weight excluding hydrogens is 410 g/mol. The van der Waals surface area contributed by atoms with E-state index in [9.17, 15) is 14.7 Å². The maximum absolute atomic E-state index is 12.8. The zero-order valence-corrected chi connectivity index (χ0v) is 17.8. The number of aromatic hydroxyl groups is 1. The quantitative estimate of drug-likeness (QED) is 0.506. The van der Waals surface area contributed by atoms with Gasteiger partial charge in [0.15, 0.2) is 0 Å². The summed E-state index contributed by atoms with van der Waals surface area (Å²) in [5.74, 6) is 0.0200. The zero-order valence-electron chi connectivity index (χ0n) is 16.2. The smallest absolute Gasteiger partial charge is 0.333 e. The summed E-state index contributed by atoms with van der Waals surface area (Å²) in [5, 5.41) is 11.5. The number of benzene rings is 2. The number of rotatable bonds is 4. The molecule has 0 atom stereocenters. The third-order valence-corrected chi connectivity index (χ3v) is 5.79. The number of aliphatic imine (C=N–C) groups is 1. The van der Waals surface area contributed by atoms with Gasteiger partial charge >= 0.3 is 5.69 Å². The van der Waals surface area contributed by atoms with Gasteiger partial charge < -0.3 is 5.11 Å². The molecule has 0 bridgehead atoms. The maximum Gasteiger partial charge on any atom is 0.333 e. The molecule has 1 N–H and O–H groups in total. The molecule has 3 rings (SSSR count). The van der Waals surface area contributed by atoms with Gasteiger partial charge in [-0.1, -0.05) is 41.9 Å². The number of halogens is 1. The summed E-state index contributed by atoms with van der Waals surface area (Å²) in [6, 6.07) is 14.9. The maximum atomic E-state index is 12.8. The van der Waals surface area contributed by atoms with Crippen molar-refractivity contribution in [3.05, 3.63) is 91.1 Å². The molecule has 8 heteroatoms. The fraction of sp³-hybridized carbons (Fsp3) is 0.190. The second kappa shape index (κ2) is 8.71. The van der Waals surface area contributed by atoms with Crippen molar-refractivity contribution >= 4 is 34.1 Å². The van der Waals surface area contributed by atoms with Gasteiger partial charge in [-0.15, -0.1) is 11.8 Å². The SMILES string of the molecule is Cc1cccc(N=C(SCc2ccccc2Cl)c2c(O)n(C)c(=O)n(C)c2=O)c1. The third-order valence-electron chi connectivity index (χ3n) is 4.40. The molecule has 2 aromatic carbocycles. The van der Waals surface area contributed by atoms with Gasteiger partial charge in [-0.3, -0.25) is 13.9 Å². The lowest BCUT2D eigenvalue weighted by molar-refractivity contribution is 0.410. The Morgan fingerprint density at radius 1 is 1.10 bits per heavy atom. The fourth-order valence-corrected chi connectivity index (χ4v) is 4.08. The van der Waals surface area contributed by atoms with Gasteiger partial charge in [-0.25, -0.2) is 9.79 Å². The Balaban J connectivity index is 2.15. The van der Waals surface area contributed by atoms with Crippen LogP contribution in [0.5, 0.6) is 5.88 Å². The van der Waals surface area contributed by atoms with E-state index in [0.29, 0.717) is 21.5 Å². The van der Waals surface area contributed by atoms with E-state index in [0.717, 1.165) is 20.3 Å². The lowest BCUT2D eigenvalue weighted by atomic mass is 10.2. The molecule has 0 aliphatic carbocycles. The summed E-state index contributed by atoms with van der Waals surface area (Å²) in [6.45, 7) is 1.94. The molecule has 0 unspecified atom stereocenters. The zero-order chi connectivity index (χ0) is 21.1. The number of thioether (sulfide) groups is 1. The Morgan fingerprint density at radius 3 is 2.52 bits per heavy atom. The summed E-state index contributed by atoms with van der Waals surface area (Å²) in [5.41, 5.74) is 1.29. The van der Waals surface area contributed by atoms with E-state index < -0.39 is 17.1 Å². The van der Waals surface area contributed by atoms with Crippen LogP contribution < -0.4 is 11.2 Å². The van der Waals surface area contributed by atoms with Crippen LogP contribution in [0.15, 0.2) is 63.1 Å². The summed E-state index contributed by atoms with van der Waals surface area (Å²) in [4.78, 5) is 29.5. The summed E-state index contributed by atoms with van der Waals surface area (Å²) in [6.07, 6.45) is 0. The van der Waals surface area contributed by atoms with Gasteiger partial charge in [-0.05, 0) is 36.2 Å². The highest BCUT2D eigenvalue weighted by atomic mass is 35.5. The Morgan fingerprint density at radius 2 is 1.83 bits per heavy atom. The average Bonchev–Trinajstić information content (AvgIpc) is 2.70. The van der Waals surface area contributed by atoms with Crippen molar-refractivity contribution in [3.8, 4) is 5.88 Å². The van der Waals surface area contributed by atoms with Crippen LogP contribution in [-0.2, 0) is 19.8 Å². The topological polar surface area (TPSA) is 76.6 Å². The molecule has 0 spiro atoms. The molecule has 0 fully saturated rings. The molecule has 1 aromatic heterocycles. The molecule has 0 saturated heterocycles. The Hall–Kier alpha value is -2.77. The molecule has 1 heterocycles. The van der Waals surface area contributed by atoms with E-state index in [-0.39, 0.29) is 5.56 Å². The molecule has 0 amide bonds. The number of hydrogen-bond acceptors (Lipinski definition) is 5. The van der Waals surface area contributed by atoms with E-state index in [1.165, 1.54) is 25.9 Å². The van der Waals surface area contributed by atoms with Crippen LogP contribution in [0.4, 0.5) is 5.69 Å². The van der Waals surface area contributed by atoms with E-state index in [1.807, 2.05) is 49.4 Å². The molecular formula is C21H20ClN3O3S. The summed E-state index contributed by atoms with van der Waals surface area (Å²) in [7, 11) is 2.78. The predicted molar refractivity (Wildman–Crippen MR) is 119 cm³/mol. The molecule has 0 saturated carbocycles. The van der Waals surface area contributed by atoms with Crippen molar-refractivity contribution in [1.82, 2.24) is 9.13 Å². The normalized spacial score (nSPS) is 11.7. The molecule has 0 radical (unpaired) electrons. The standard InChI is InChI=1S/C21H20ClN3O3S/c1-13-7-6-9-15(11-13)23-18(29-12-14-8-4-5-10-16(14)22)17-19(26)24(2)21(28)25(3)20(17)27/h4-11,26H,12H2,1-3H3. The first kappa shape index (κ1) is 21.0. The monoisotopic (exact) mass is 429 g/mol. The van der Waals surface area contributed by atoms with Crippen molar-refractivity contribution in [2.75, 3.05) is 0 Å². The van der Waals surface area contributed by atoms with E-state index in [1.54, 1.807) is 6.07 Å². The minimum absolute atomic E-state index is 0.0202. The van der Waals surface area contributed by atoms with E-state index >= 15 is 0 Å². The number of aryl methyl sites for hydroxylation is 1. The van der Waals surface area contributed by atoms with Gasteiger partial charge in [0.05, 0.1) is 5.69 Å². The van der Waals surface area contributed by atoms with Gasteiger partial charge in [0.1, 0.15) is 10.6 Å². The molecule has 6 nitrogen and oxygen atoms in total. The van der Waals surface area contributed by atoms with Crippen LogP contribution in [0.2, 0.25) is 5.02 Å². The van der Waals surface area contributed by atoms with Crippen molar-refractivity contribution in [1.29, 1.82) is 0 Å². The van der Waals surface area contributed by atoms with Gasteiger partial charge in [0.25, 0.3) is 5.56 Å². The largest absolute Gasteiger partial charge is 0.494 e.